The van der Waals surface area contributed by atoms with E-state index >= 15 is 0 Å². The number of piperidine rings is 1. The lowest BCUT2D eigenvalue weighted by atomic mass is 10.1. The number of aryl methyl sites for hydroxylation is 1. The fourth-order valence-corrected chi connectivity index (χ4v) is 2.75. The number of benzene rings is 1. The standard InChI is InChI=1S/C19H25N5O2/c1-3-20-19(24-15-8-9-17(25)21-10-15)23-12-18-22-11-16(26-18)14-6-4-13(2)5-7-14/h4-7,11,15H,3,8-10,12H2,1-2H3,(H,21,25)(H2,20,23,24). The van der Waals surface area contributed by atoms with Gasteiger partial charge in [-0.3, -0.25) is 4.79 Å². The van der Waals surface area contributed by atoms with Crippen LogP contribution in [0.5, 0.6) is 0 Å². The van der Waals surface area contributed by atoms with Crippen LogP contribution in [0.3, 0.4) is 0 Å². The Morgan fingerprint density at radius 1 is 1.38 bits per heavy atom. The Balaban J connectivity index is 1.62. The maximum absolute atomic E-state index is 11.3. The second-order valence-corrected chi connectivity index (χ2v) is 6.36. The van der Waals surface area contributed by atoms with Crippen molar-refractivity contribution in [3.8, 4) is 11.3 Å². The smallest absolute Gasteiger partial charge is 0.220 e. The fraction of sp³-hybridized carbons (Fsp3) is 0.421. The molecule has 0 spiro atoms. The predicted octanol–water partition coefficient (Wildman–Crippen LogP) is 1.98. The van der Waals surface area contributed by atoms with Crippen LogP contribution in [0.15, 0.2) is 39.9 Å². The van der Waals surface area contributed by atoms with Crippen molar-refractivity contribution in [2.75, 3.05) is 13.1 Å². The molecule has 1 aromatic heterocycles. The van der Waals surface area contributed by atoms with Crippen LogP contribution < -0.4 is 16.0 Å². The first kappa shape index (κ1) is 18.0. The van der Waals surface area contributed by atoms with Crippen LogP contribution in [0.2, 0.25) is 0 Å². The Bertz CT molecular complexity index is 756. The van der Waals surface area contributed by atoms with Gasteiger partial charge in [-0.25, -0.2) is 9.98 Å². The van der Waals surface area contributed by atoms with Crippen LogP contribution in [-0.2, 0) is 11.3 Å². The van der Waals surface area contributed by atoms with Crippen molar-refractivity contribution in [1.29, 1.82) is 0 Å². The zero-order chi connectivity index (χ0) is 18.4. The minimum Gasteiger partial charge on any atom is -0.439 e. The number of aromatic nitrogens is 1. The van der Waals surface area contributed by atoms with E-state index in [1.165, 1.54) is 5.56 Å². The van der Waals surface area contributed by atoms with Gasteiger partial charge in [-0.2, -0.15) is 0 Å². The predicted molar refractivity (Wildman–Crippen MR) is 101 cm³/mol. The van der Waals surface area contributed by atoms with Crippen molar-refractivity contribution >= 4 is 11.9 Å². The van der Waals surface area contributed by atoms with Gasteiger partial charge < -0.3 is 20.4 Å². The third-order valence-corrected chi connectivity index (χ3v) is 4.21. The highest BCUT2D eigenvalue weighted by molar-refractivity contribution is 5.81. The summed E-state index contributed by atoms with van der Waals surface area (Å²) in [5.41, 5.74) is 2.21. The molecule has 1 aliphatic heterocycles. The average Bonchev–Trinajstić information content (AvgIpc) is 3.11. The summed E-state index contributed by atoms with van der Waals surface area (Å²) in [5.74, 6) is 2.11. The normalized spacial score (nSPS) is 17.7. The molecule has 2 aromatic rings. The molecule has 1 fully saturated rings. The number of guanidine groups is 1. The van der Waals surface area contributed by atoms with Gasteiger partial charge in [-0.05, 0) is 20.3 Å². The van der Waals surface area contributed by atoms with Gasteiger partial charge in [0.05, 0.1) is 6.20 Å². The first-order chi connectivity index (χ1) is 12.6. The lowest BCUT2D eigenvalue weighted by Crippen LogP contribution is -2.51. The van der Waals surface area contributed by atoms with Crippen LogP contribution in [0.1, 0.15) is 31.2 Å². The molecule has 0 aliphatic carbocycles. The average molecular weight is 355 g/mol. The van der Waals surface area contributed by atoms with E-state index in [-0.39, 0.29) is 11.9 Å². The van der Waals surface area contributed by atoms with Crippen molar-refractivity contribution in [1.82, 2.24) is 20.9 Å². The lowest BCUT2D eigenvalue weighted by Gasteiger charge is -2.25. The number of nitrogens with zero attached hydrogens (tertiary/aromatic N) is 2. The third kappa shape index (κ3) is 4.84. The van der Waals surface area contributed by atoms with E-state index in [2.05, 4.69) is 32.9 Å². The Kier molecular flexibility index (Phi) is 5.88. The van der Waals surface area contributed by atoms with E-state index in [1.54, 1.807) is 6.20 Å². The summed E-state index contributed by atoms with van der Waals surface area (Å²) in [6.45, 7) is 5.78. The van der Waals surface area contributed by atoms with E-state index in [9.17, 15) is 4.79 Å². The quantitative estimate of drug-likeness (QED) is 0.563. The maximum Gasteiger partial charge on any atom is 0.220 e. The van der Waals surface area contributed by atoms with E-state index in [0.29, 0.717) is 31.4 Å². The summed E-state index contributed by atoms with van der Waals surface area (Å²) in [4.78, 5) is 20.1. The fourth-order valence-electron chi connectivity index (χ4n) is 2.75. The Morgan fingerprint density at radius 2 is 2.19 bits per heavy atom. The van der Waals surface area contributed by atoms with Gasteiger partial charge in [0.15, 0.2) is 11.7 Å². The molecule has 3 rings (SSSR count). The Morgan fingerprint density at radius 3 is 2.88 bits per heavy atom. The molecule has 1 amide bonds. The van der Waals surface area contributed by atoms with Gasteiger partial charge in [-0.15, -0.1) is 0 Å². The van der Waals surface area contributed by atoms with E-state index in [1.807, 2.05) is 31.2 Å². The van der Waals surface area contributed by atoms with Crippen LogP contribution in [0.25, 0.3) is 11.3 Å². The van der Waals surface area contributed by atoms with Gasteiger partial charge >= 0.3 is 0 Å². The number of nitrogens with one attached hydrogen (secondary N) is 3. The minimum atomic E-state index is 0.105. The summed E-state index contributed by atoms with van der Waals surface area (Å²) >= 11 is 0. The van der Waals surface area contributed by atoms with E-state index in [0.717, 1.165) is 24.3 Å². The highest BCUT2D eigenvalue weighted by Gasteiger charge is 2.18. The second kappa shape index (κ2) is 8.51. The molecule has 1 atom stereocenters. The number of aliphatic imine (C=N–C) groups is 1. The molecule has 0 saturated carbocycles. The van der Waals surface area contributed by atoms with Crippen LogP contribution >= 0.6 is 0 Å². The molecule has 1 aromatic carbocycles. The molecule has 26 heavy (non-hydrogen) atoms. The molecular weight excluding hydrogens is 330 g/mol. The number of carbonyl (C=O) groups is 1. The summed E-state index contributed by atoms with van der Waals surface area (Å²) in [6.07, 6.45) is 3.07. The van der Waals surface area contributed by atoms with Crippen LogP contribution in [0.4, 0.5) is 0 Å². The molecule has 0 radical (unpaired) electrons. The van der Waals surface area contributed by atoms with Crippen LogP contribution in [0, 0.1) is 6.92 Å². The number of carbonyl (C=O) groups excluding carboxylic acids is 1. The zero-order valence-corrected chi connectivity index (χ0v) is 15.2. The number of hydrogen-bond acceptors (Lipinski definition) is 4. The highest BCUT2D eigenvalue weighted by Crippen LogP contribution is 2.21. The van der Waals surface area contributed by atoms with Gasteiger partial charge in [0, 0.05) is 31.1 Å². The van der Waals surface area contributed by atoms with Gasteiger partial charge in [-0.1, -0.05) is 29.8 Å². The third-order valence-electron chi connectivity index (χ3n) is 4.21. The second-order valence-electron chi connectivity index (χ2n) is 6.36. The van der Waals surface area contributed by atoms with Gasteiger partial charge in [0.25, 0.3) is 0 Å². The van der Waals surface area contributed by atoms with Crippen molar-refractivity contribution in [2.24, 2.45) is 4.99 Å². The SMILES string of the molecule is CCNC(=NCc1ncc(-c2ccc(C)cc2)o1)NC1CCC(=O)NC1. The van der Waals surface area contributed by atoms with Crippen molar-refractivity contribution in [3.63, 3.8) is 0 Å². The summed E-state index contributed by atoms with van der Waals surface area (Å²) < 4.78 is 5.81. The molecule has 3 N–H and O–H groups in total. The summed E-state index contributed by atoms with van der Waals surface area (Å²) in [6, 6.07) is 8.31. The number of rotatable bonds is 5. The lowest BCUT2D eigenvalue weighted by molar-refractivity contribution is -0.122. The van der Waals surface area contributed by atoms with E-state index in [4.69, 9.17) is 4.42 Å². The molecule has 0 bridgehead atoms. The van der Waals surface area contributed by atoms with Crippen LogP contribution in [-0.4, -0.2) is 36.0 Å². The summed E-state index contributed by atoms with van der Waals surface area (Å²) in [7, 11) is 0. The maximum atomic E-state index is 11.3. The number of oxazole rings is 1. The monoisotopic (exact) mass is 355 g/mol. The Labute approximate surface area is 153 Å². The topological polar surface area (TPSA) is 91.6 Å². The molecule has 1 unspecified atom stereocenters. The molecule has 138 valence electrons. The number of amides is 1. The molecule has 7 heteroatoms. The zero-order valence-electron chi connectivity index (χ0n) is 15.2. The molecule has 2 heterocycles. The van der Waals surface area contributed by atoms with Crippen molar-refractivity contribution in [3.05, 3.63) is 41.9 Å². The van der Waals surface area contributed by atoms with Gasteiger partial charge in [0.1, 0.15) is 6.54 Å². The largest absolute Gasteiger partial charge is 0.439 e. The first-order valence-electron chi connectivity index (χ1n) is 8.97. The molecule has 1 saturated heterocycles. The van der Waals surface area contributed by atoms with Gasteiger partial charge in [0.2, 0.25) is 11.8 Å². The highest BCUT2D eigenvalue weighted by atomic mass is 16.4. The Hall–Kier alpha value is -2.83. The summed E-state index contributed by atoms with van der Waals surface area (Å²) in [5, 5.41) is 9.42. The number of hydrogen-bond donors (Lipinski definition) is 3. The van der Waals surface area contributed by atoms with Crippen molar-refractivity contribution < 1.29 is 9.21 Å². The first-order valence-corrected chi connectivity index (χ1v) is 8.97. The minimum absolute atomic E-state index is 0.105. The molecule has 1 aliphatic rings. The van der Waals surface area contributed by atoms with E-state index < -0.39 is 0 Å². The molecular formula is C19H25N5O2. The molecule has 7 nitrogen and oxygen atoms in total. The van der Waals surface area contributed by atoms with Crippen molar-refractivity contribution in [2.45, 2.75) is 39.3 Å².